The van der Waals surface area contributed by atoms with Gasteiger partial charge in [0.1, 0.15) is 0 Å². The van der Waals surface area contributed by atoms with Crippen molar-refractivity contribution in [2.45, 2.75) is 6.42 Å². The van der Waals surface area contributed by atoms with Gasteiger partial charge in [-0.25, -0.2) is 0 Å². The molecule has 0 spiro atoms. The van der Waals surface area contributed by atoms with E-state index in [1.807, 2.05) is 0 Å². The molecule has 2 aromatic rings. The van der Waals surface area contributed by atoms with E-state index in [0.29, 0.717) is 0 Å². The molecule has 2 aromatic carbocycles. The summed E-state index contributed by atoms with van der Waals surface area (Å²) in [5.74, 6) is 0. The molecular formula is C16H14I2. The Morgan fingerprint density at radius 2 is 1.22 bits per heavy atom. The number of allylic oxidation sites excluding steroid dienone is 1. The Kier molecular flexibility index (Phi) is 5.69. The summed E-state index contributed by atoms with van der Waals surface area (Å²) in [5.41, 5.74) is 3.98. The summed E-state index contributed by atoms with van der Waals surface area (Å²) in [4.78, 5) is 0. The van der Waals surface area contributed by atoms with Crippen LogP contribution in [0.15, 0.2) is 64.2 Å². The van der Waals surface area contributed by atoms with Gasteiger partial charge in [-0.05, 0) is 49.3 Å². The van der Waals surface area contributed by atoms with Crippen molar-refractivity contribution in [3.8, 4) is 0 Å². The van der Waals surface area contributed by atoms with Crippen LogP contribution >= 0.6 is 45.2 Å². The molecule has 0 heterocycles. The van der Waals surface area contributed by atoms with Crippen LogP contribution in [0.4, 0.5) is 0 Å². The van der Waals surface area contributed by atoms with Gasteiger partial charge in [-0.15, -0.1) is 0 Å². The maximum atomic E-state index is 2.49. The van der Waals surface area contributed by atoms with Gasteiger partial charge in [0.2, 0.25) is 0 Å². The first-order valence-electron chi connectivity index (χ1n) is 5.88. The zero-order valence-electron chi connectivity index (χ0n) is 9.94. The molecule has 0 radical (unpaired) electrons. The van der Waals surface area contributed by atoms with E-state index in [4.69, 9.17) is 0 Å². The van der Waals surface area contributed by atoms with Gasteiger partial charge < -0.3 is 0 Å². The van der Waals surface area contributed by atoms with Gasteiger partial charge in [0.25, 0.3) is 0 Å². The second-order valence-corrected chi connectivity index (χ2v) is 6.33. The van der Waals surface area contributed by atoms with Crippen molar-refractivity contribution in [3.63, 3.8) is 0 Å². The number of hydrogen-bond acceptors (Lipinski definition) is 0. The van der Waals surface area contributed by atoms with Crippen LogP contribution in [-0.4, -0.2) is 4.43 Å². The Bertz CT molecular complexity index is 474. The Labute approximate surface area is 136 Å². The molecule has 0 nitrogen and oxygen atoms in total. The van der Waals surface area contributed by atoms with Crippen LogP contribution in [0.25, 0.3) is 5.57 Å². The fourth-order valence-corrected chi connectivity index (χ4v) is 4.36. The molecule has 0 aliphatic rings. The minimum Gasteiger partial charge on any atom is -0.0860 e. The zero-order chi connectivity index (χ0) is 12.8. The zero-order valence-corrected chi connectivity index (χ0v) is 14.3. The molecule has 2 heteroatoms. The summed E-state index contributed by atoms with van der Waals surface area (Å²) >= 11 is 4.92. The number of halogens is 2. The third-order valence-corrected chi connectivity index (χ3v) is 4.33. The molecule has 0 bridgehead atoms. The number of hydrogen-bond donors (Lipinski definition) is 0. The first-order chi connectivity index (χ1) is 8.83. The lowest BCUT2D eigenvalue weighted by molar-refractivity contribution is 1.26. The molecule has 0 atom stereocenters. The standard InChI is InChI=1S/C16H14I2/c17-12-11-15(18)16(13-7-3-1-4-8-13)14-9-5-2-6-10-14/h1-10H,11-12H2. The fourth-order valence-electron chi connectivity index (χ4n) is 1.90. The van der Waals surface area contributed by atoms with Crippen molar-refractivity contribution in [3.05, 3.63) is 75.4 Å². The average Bonchev–Trinajstić information content (AvgIpc) is 2.42. The Balaban J connectivity index is 2.52. The molecular weight excluding hydrogens is 446 g/mol. The number of benzene rings is 2. The lowest BCUT2D eigenvalue weighted by Gasteiger charge is -2.11. The van der Waals surface area contributed by atoms with Gasteiger partial charge in [0, 0.05) is 4.43 Å². The SMILES string of the molecule is ICCC(I)=C(c1ccccc1)c1ccccc1. The second-order valence-electron chi connectivity index (χ2n) is 3.95. The van der Waals surface area contributed by atoms with Gasteiger partial charge in [0.05, 0.1) is 0 Å². The van der Waals surface area contributed by atoms with E-state index < -0.39 is 0 Å². The average molecular weight is 460 g/mol. The lowest BCUT2D eigenvalue weighted by atomic mass is 9.97. The van der Waals surface area contributed by atoms with Crippen molar-refractivity contribution in [1.29, 1.82) is 0 Å². The summed E-state index contributed by atoms with van der Waals surface area (Å²) < 4.78 is 2.58. The normalized spacial score (nSPS) is 10.1. The highest BCUT2D eigenvalue weighted by atomic mass is 127. The molecule has 0 aliphatic heterocycles. The molecule has 0 saturated carbocycles. The van der Waals surface area contributed by atoms with E-state index in [-0.39, 0.29) is 0 Å². The summed E-state index contributed by atoms with van der Waals surface area (Å²) in [6.07, 6.45) is 1.13. The highest BCUT2D eigenvalue weighted by molar-refractivity contribution is 14.1. The van der Waals surface area contributed by atoms with E-state index in [0.717, 1.165) is 10.8 Å². The molecule has 0 aliphatic carbocycles. The van der Waals surface area contributed by atoms with Gasteiger partial charge in [0.15, 0.2) is 0 Å². The van der Waals surface area contributed by atoms with Crippen LogP contribution in [0.2, 0.25) is 0 Å². The van der Waals surface area contributed by atoms with Crippen molar-refractivity contribution in [1.82, 2.24) is 0 Å². The van der Waals surface area contributed by atoms with Crippen molar-refractivity contribution >= 4 is 50.8 Å². The molecule has 92 valence electrons. The van der Waals surface area contributed by atoms with Crippen LogP contribution in [0.5, 0.6) is 0 Å². The molecule has 18 heavy (non-hydrogen) atoms. The molecule has 2 rings (SSSR count). The van der Waals surface area contributed by atoms with Crippen LogP contribution < -0.4 is 0 Å². The Morgan fingerprint density at radius 1 is 0.778 bits per heavy atom. The molecule has 0 saturated heterocycles. The second kappa shape index (κ2) is 7.28. The molecule has 0 amide bonds. The van der Waals surface area contributed by atoms with Crippen LogP contribution in [0.3, 0.4) is 0 Å². The third-order valence-electron chi connectivity index (χ3n) is 2.71. The van der Waals surface area contributed by atoms with Crippen LogP contribution in [-0.2, 0) is 0 Å². The molecule has 0 fully saturated rings. The van der Waals surface area contributed by atoms with E-state index in [2.05, 4.69) is 106 Å². The largest absolute Gasteiger partial charge is 0.0860 e. The smallest absolute Gasteiger partial charge is 0.00405 e. The third kappa shape index (κ3) is 3.57. The summed E-state index contributed by atoms with van der Waals surface area (Å²) in [6.45, 7) is 0. The monoisotopic (exact) mass is 460 g/mol. The maximum Gasteiger partial charge on any atom is 0.00405 e. The van der Waals surface area contributed by atoms with Gasteiger partial charge in [-0.1, -0.05) is 83.3 Å². The predicted octanol–water partition coefficient (Wildman–Crippen LogP) is 5.71. The summed E-state index contributed by atoms with van der Waals surface area (Å²) in [7, 11) is 0. The minimum absolute atomic E-state index is 1.13. The Hall–Kier alpha value is -0.360. The predicted molar refractivity (Wildman–Crippen MR) is 96.4 cm³/mol. The van der Waals surface area contributed by atoms with Crippen molar-refractivity contribution in [2.75, 3.05) is 4.43 Å². The topological polar surface area (TPSA) is 0 Å². The van der Waals surface area contributed by atoms with Gasteiger partial charge >= 0.3 is 0 Å². The molecule has 0 N–H and O–H groups in total. The van der Waals surface area contributed by atoms with Crippen molar-refractivity contribution in [2.24, 2.45) is 0 Å². The van der Waals surface area contributed by atoms with Gasteiger partial charge in [-0.2, -0.15) is 0 Å². The Morgan fingerprint density at radius 3 is 1.61 bits per heavy atom. The first-order valence-corrected chi connectivity index (χ1v) is 8.49. The quantitative estimate of drug-likeness (QED) is 0.406. The summed E-state index contributed by atoms with van der Waals surface area (Å²) in [5, 5.41) is 0. The van der Waals surface area contributed by atoms with Crippen molar-refractivity contribution < 1.29 is 0 Å². The molecule has 0 aromatic heterocycles. The van der Waals surface area contributed by atoms with E-state index in [1.54, 1.807) is 0 Å². The van der Waals surface area contributed by atoms with Gasteiger partial charge in [-0.3, -0.25) is 0 Å². The fraction of sp³-hybridized carbons (Fsp3) is 0.125. The lowest BCUT2D eigenvalue weighted by Crippen LogP contribution is -1.91. The van der Waals surface area contributed by atoms with Crippen LogP contribution in [0, 0.1) is 0 Å². The molecule has 0 unspecified atom stereocenters. The number of rotatable bonds is 4. The highest BCUT2D eigenvalue weighted by Gasteiger charge is 2.08. The minimum atomic E-state index is 1.13. The van der Waals surface area contributed by atoms with Crippen LogP contribution in [0.1, 0.15) is 17.5 Å². The van der Waals surface area contributed by atoms with E-state index in [1.165, 1.54) is 20.3 Å². The maximum absolute atomic E-state index is 2.49. The first kappa shape index (κ1) is 14.1. The summed E-state index contributed by atoms with van der Waals surface area (Å²) in [6, 6.07) is 21.3. The van der Waals surface area contributed by atoms with E-state index in [9.17, 15) is 0 Å². The van der Waals surface area contributed by atoms with E-state index >= 15 is 0 Å². The number of alkyl halides is 1. The highest BCUT2D eigenvalue weighted by Crippen LogP contribution is 2.32.